The van der Waals surface area contributed by atoms with Crippen LogP contribution in [0.4, 0.5) is 0 Å². The lowest BCUT2D eigenvalue weighted by Gasteiger charge is -2.03. The summed E-state index contributed by atoms with van der Waals surface area (Å²) >= 11 is 4.24. The Kier molecular flexibility index (Phi) is 37.3. The average Bonchev–Trinajstić information content (AvgIpc) is 1.93. The van der Waals surface area contributed by atoms with E-state index >= 15 is 0 Å². The van der Waals surface area contributed by atoms with E-state index in [4.69, 9.17) is 0 Å². The molecule has 0 saturated carbocycles. The fraction of sp³-hybridized carbons (Fsp3) is 1.00. The number of rotatable bonds is 2. The van der Waals surface area contributed by atoms with Gasteiger partial charge in [0, 0.05) is 37.2 Å². The summed E-state index contributed by atoms with van der Waals surface area (Å²) in [6, 6.07) is 0. The maximum atomic E-state index is 2.75. The zero-order valence-corrected chi connectivity index (χ0v) is 12.4. The number of nitrogens with one attached hydrogen (secondary N) is 1. The van der Waals surface area contributed by atoms with Gasteiger partial charge in [0.05, 0.1) is 0 Å². The summed E-state index contributed by atoms with van der Waals surface area (Å²) in [4.78, 5) is 2.18. The van der Waals surface area contributed by atoms with E-state index in [1.54, 1.807) is 0 Å². The van der Waals surface area contributed by atoms with Crippen molar-refractivity contribution in [2.75, 3.05) is 34.7 Å². The van der Waals surface area contributed by atoms with Crippen LogP contribution in [-0.2, 0) is 0 Å². The molecule has 0 aliphatic rings. The predicted octanol–water partition coefficient (Wildman–Crippen LogP) is 2.57. The minimum absolute atomic E-state index is 1.21. The number of hydrogen-bond acceptors (Lipinski definition) is 2. The van der Waals surface area contributed by atoms with E-state index in [1.807, 2.05) is 14.1 Å². The molecule has 72 valence electrons. The first-order valence-electron chi connectivity index (χ1n) is 3.56. The van der Waals surface area contributed by atoms with Crippen molar-refractivity contribution in [3.8, 4) is 0 Å². The molecule has 0 heterocycles. The van der Waals surface area contributed by atoms with E-state index in [2.05, 4.69) is 68.5 Å². The summed E-state index contributed by atoms with van der Waals surface area (Å²) in [5, 5.41) is 2.75. The molecule has 1 N–H and O–H groups in total. The minimum Gasteiger partial charge on any atom is -0.323 e. The van der Waals surface area contributed by atoms with Crippen LogP contribution in [0, 0.1) is 0 Å². The van der Waals surface area contributed by atoms with Gasteiger partial charge >= 0.3 is 0 Å². The zero-order chi connectivity index (χ0) is 9.70. The fourth-order valence-electron chi connectivity index (χ4n) is 0.447. The number of hydrogen-bond donors (Lipinski definition) is 1. The lowest BCUT2D eigenvalue weighted by molar-refractivity contribution is 0.408. The molecule has 0 fully saturated rings. The summed E-state index contributed by atoms with van der Waals surface area (Å²) in [5.74, 6) is 0. The van der Waals surface area contributed by atoms with Gasteiger partial charge in [-0.3, -0.25) is 0 Å². The van der Waals surface area contributed by atoms with Gasteiger partial charge in [-0.05, 0) is 41.2 Å². The second kappa shape index (κ2) is 22.5. The van der Waals surface area contributed by atoms with E-state index < -0.39 is 0 Å². The highest BCUT2D eigenvalue weighted by Gasteiger charge is 1.79. The lowest BCUT2D eigenvalue weighted by Crippen LogP contribution is -2.11. The summed E-state index contributed by atoms with van der Waals surface area (Å²) in [5.41, 5.74) is 0. The summed E-state index contributed by atoms with van der Waals surface area (Å²) in [6.45, 7) is 3.39. The maximum Gasteiger partial charge on any atom is 0 e. The fourth-order valence-corrected chi connectivity index (χ4v) is 0.447. The third kappa shape index (κ3) is 52.2. The van der Waals surface area contributed by atoms with Crippen molar-refractivity contribution in [1.29, 1.82) is 0 Å². The Morgan fingerprint density at radius 3 is 1.45 bits per heavy atom. The molecular weight excluding hydrogens is 366 g/mol. The van der Waals surface area contributed by atoms with Crippen molar-refractivity contribution in [2.24, 2.45) is 0 Å². The molecular formula is C7H20I2N2. The smallest absolute Gasteiger partial charge is 0 e. The molecule has 4 heteroatoms. The molecule has 0 atom stereocenters. The van der Waals surface area contributed by atoms with Gasteiger partial charge in [0.25, 0.3) is 0 Å². The van der Waals surface area contributed by atoms with Crippen LogP contribution in [0.25, 0.3) is 0 Å². The van der Waals surface area contributed by atoms with Crippen molar-refractivity contribution in [3.05, 3.63) is 0 Å². The first kappa shape index (κ1) is 18.2. The molecule has 0 radical (unpaired) electrons. The quantitative estimate of drug-likeness (QED) is 0.735. The van der Waals surface area contributed by atoms with Gasteiger partial charge < -0.3 is 10.2 Å². The normalized spacial score (nSPS) is 7.64. The second-order valence-electron chi connectivity index (χ2n) is 2.30. The standard InChI is InChI=1S/C5H13N.C2H7N.I2/c1-4-5-6(2)3;1-3-2;1-2/h4-5H2,1-3H3;3H,1-2H3;. The molecule has 0 aliphatic heterocycles. The second-order valence-corrected chi connectivity index (χ2v) is 2.30. The van der Waals surface area contributed by atoms with Gasteiger partial charge in [-0.2, -0.15) is 0 Å². The van der Waals surface area contributed by atoms with Crippen molar-refractivity contribution < 1.29 is 0 Å². The summed E-state index contributed by atoms with van der Waals surface area (Å²) in [7, 11) is 7.92. The Hall–Kier alpha value is 1.38. The Bertz CT molecular complexity index is 43.4. The van der Waals surface area contributed by atoms with Crippen LogP contribution in [0.15, 0.2) is 0 Å². The summed E-state index contributed by atoms with van der Waals surface area (Å²) < 4.78 is 0. The molecule has 0 aliphatic carbocycles. The molecule has 0 unspecified atom stereocenters. The van der Waals surface area contributed by atoms with Crippen LogP contribution in [0.5, 0.6) is 0 Å². The topological polar surface area (TPSA) is 15.3 Å². The average molecular weight is 386 g/mol. The monoisotopic (exact) mass is 386 g/mol. The highest BCUT2D eigenvalue weighted by molar-refractivity contribution is 15.0. The van der Waals surface area contributed by atoms with E-state index in [0.717, 1.165) is 0 Å². The van der Waals surface area contributed by atoms with Crippen molar-refractivity contribution in [3.63, 3.8) is 0 Å². The third-order valence-corrected chi connectivity index (χ3v) is 0.671. The number of nitrogens with zero attached hydrogens (tertiary/aromatic N) is 1. The zero-order valence-electron chi connectivity index (χ0n) is 8.12. The molecule has 0 aromatic heterocycles. The van der Waals surface area contributed by atoms with E-state index in [1.165, 1.54) is 13.0 Å². The lowest BCUT2D eigenvalue weighted by atomic mass is 10.5. The van der Waals surface area contributed by atoms with Gasteiger partial charge in [0.1, 0.15) is 0 Å². The Morgan fingerprint density at radius 2 is 1.45 bits per heavy atom. The minimum atomic E-state index is 1.21. The first-order valence-corrected chi connectivity index (χ1v) is 9.85. The van der Waals surface area contributed by atoms with Gasteiger partial charge in [0.2, 0.25) is 0 Å². The van der Waals surface area contributed by atoms with Gasteiger partial charge in [0.15, 0.2) is 0 Å². The molecule has 0 spiro atoms. The molecule has 0 amide bonds. The van der Waals surface area contributed by atoms with Crippen LogP contribution in [0.3, 0.4) is 0 Å². The predicted molar refractivity (Wildman–Crippen MR) is 71.9 cm³/mol. The molecule has 0 saturated heterocycles. The number of halogens is 2. The van der Waals surface area contributed by atoms with Crippen LogP contribution >= 0.6 is 37.2 Å². The highest BCUT2D eigenvalue weighted by Crippen LogP contribution is 1.89. The molecule has 0 aromatic rings. The van der Waals surface area contributed by atoms with E-state index in [9.17, 15) is 0 Å². The summed E-state index contributed by atoms with van der Waals surface area (Å²) in [6.07, 6.45) is 1.26. The Balaban J connectivity index is -0.000000109. The highest BCUT2D eigenvalue weighted by atomic mass is 128. The van der Waals surface area contributed by atoms with Crippen molar-refractivity contribution in [1.82, 2.24) is 10.2 Å². The first-order chi connectivity index (χ1) is 5.18. The van der Waals surface area contributed by atoms with Gasteiger partial charge in [-0.15, -0.1) is 0 Å². The largest absolute Gasteiger partial charge is 0.323 e. The van der Waals surface area contributed by atoms with Crippen LogP contribution in [-0.4, -0.2) is 39.6 Å². The van der Waals surface area contributed by atoms with Gasteiger partial charge in [-0.25, -0.2) is 0 Å². The molecule has 2 nitrogen and oxygen atoms in total. The molecule has 0 rings (SSSR count). The Morgan fingerprint density at radius 1 is 1.18 bits per heavy atom. The van der Waals surface area contributed by atoms with Crippen LogP contribution in [0.1, 0.15) is 13.3 Å². The molecule has 11 heavy (non-hydrogen) atoms. The van der Waals surface area contributed by atoms with Crippen LogP contribution < -0.4 is 5.32 Å². The van der Waals surface area contributed by atoms with E-state index in [0.29, 0.717) is 0 Å². The molecule has 0 bridgehead atoms. The SMILES string of the molecule is CCCN(C)C.CNC.II. The third-order valence-electron chi connectivity index (χ3n) is 0.671. The van der Waals surface area contributed by atoms with Crippen molar-refractivity contribution in [2.45, 2.75) is 13.3 Å². The van der Waals surface area contributed by atoms with E-state index in [-0.39, 0.29) is 0 Å². The maximum absolute atomic E-state index is 2.75. The van der Waals surface area contributed by atoms with Gasteiger partial charge in [-0.1, -0.05) is 6.92 Å². The van der Waals surface area contributed by atoms with Crippen LogP contribution in [0.2, 0.25) is 0 Å². The van der Waals surface area contributed by atoms with Crippen molar-refractivity contribution >= 4 is 37.2 Å². The molecule has 0 aromatic carbocycles. The Labute approximate surface area is 94.8 Å².